The summed E-state index contributed by atoms with van der Waals surface area (Å²) in [6, 6.07) is 25.4. The lowest BCUT2D eigenvalue weighted by Gasteiger charge is -2.16. The van der Waals surface area contributed by atoms with Gasteiger partial charge in [0.2, 0.25) is 0 Å². The SMILES string of the molecule is C[C@@H](NC(=O)c1cc(-c2ccccc2)nc2ccccc12)c1ccc(S(C)(=O)=O)cc1. The number of hydrogen-bond donors (Lipinski definition) is 1. The van der Waals surface area contributed by atoms with Gasteiger partial charge in [-0.1, -0.05) is 60.7 Å². The van der Waals surface area contributed by atoms with Crippen LogP contribution >= 0.6 is 0 Å². The zero-order valence-corrected chi connectivity index (χ0v) is 18.1. The number of para-hydroxylation sites is 1. The second-order valence-corrected chi connectivity index (χ2v) is 9.49. The van der Waals surface area contributed by atoms with Crippen molar-refractivity contribution in [2.75, 3.05) is 6.26 Å². The molecule has 0 saturated heterocycles. The van der Waals surface area contributed by atoms with Crippen molar-refractivity contribution < 1.29 is 13.2 Å². The second kappa shape index (κ2) is 8.32. The standard InChI is InChI=1S/C25H22N2O3S/c1-17(18-12-14-20(15-13-18)31(2,29)30)26-25(28)22-16-24(19-8-4-3-5-9-19)27-23-11-7-6-10-21(22)23/h3-17H,1-2H3,(H,26,28)/t17-/m1/s1. The van der Waals surface area contributed by atoms with Crippen molar-refractivity contribution in [1.82, 2.24) is 10.3 Å². The molecule has 3 aromatic carbocycles. The fourth-order valence-corrected chi connectivity index (χ4v) is 4.11. The van der Waals surface area contributed by atoms with Crippen LogP contribution in [0.3, 0.4) is 0 Å². The van der Waals surface area contributed by atoms with Gasteiger partial charge < -0.3 is 5.32 Å². The van der Waals surface area contributed by atoms with Crippen LogP contribution in [-0.2, 0) is 9.84 Å². The molecule has 156 valence electrons. The van der Waals surface area contributed by atoms with Gasteiger partial charge in [0.05, 0.1) is 27.7 Å². The van der Waals surface area contributed by atoms with E-state index in [1.807, 2.05) is 67.6 Å². The van der Waals surface area contributed by atoms with E-state index in [4.69, 9.17) is 4.98 Å². The van der Waals surface area contributed by atoms with Crippen LogP contribution in [0.15, 0.2) is 89.8 Å². The second-order valence-electron chi connectivity index (χ2n) is 7.47. The molecule has 0 aliphatic carbocycles. The maximum atomic E-state index is 13.2. The quantitative estimate of drug-likeness (QED) is 0.494. The van der Waals surface area contributed by atoms with Crippen LogP contribution in [0.5, 0.6) is 0 Å². The number of hydrogen-bond acceptors (Lipinski definition) is 4. The van der Waals surface area contributed by atoms with Crippen molar-refractivity contribution in [3.63, 3.8) is 0 Å². The molecule has 0 radical (unpaired) electrons. The summed E-state index contributed by atoms with van der Waals surface area (Å²) in [5, 5.41) is 3.80. The molecule has 1 N–H and O–H groups in total. The van der Waals surface area contributed by atoms with E-state index in [9.17, 15) is 13.2 Å². The number of carbonyl (C=O) groups excluding carboxylic acids is 1. The Morgan fingerprint density at radius 1 is 0.903 bits per heavy atom. The highest BCUT2D eigenvalue weighted by Crippen LogP contribution is 2.25. The Balaban J connectivity index is 1.67. The van der Waals surface area contributed by atoms with Crippen molar-refractivity contribution >= 4 is 26.6 Å². The molecule has 0 saturated carbocycles. The molecule has 31 heavy (non-hydrogen) atoms. The topological polar surface area (TPSA) is 76.1 Å². The Labute approximate surface area is 181 Å². The van der Waals surface area contributed by atoms with Crippen LogP contribution in [-0.4, -0.2) is 25.6 Å². The summed E-state index contributed by atoms with van der Waals surface area (Å²) in [7, 11) is -3.26. The number of amides is 1. The van der Waals surface area contributed by atoms with Crippen molar-refractivity contribution in [2.45, 2.75) is 17.9 Å². The molecule has 0 aliphatic heterocycles. The minimum Gasteiger partial charge on any atom is -0.345 e. The number of pyridine rings is 1. The van der Waals surface area contributed by atoms with Crippen LogP contribution < -0.4 is 5.32 Å². The van der Waals surface area contributed by atoms with Gasteiger partial charge in [-0.3, -0.25) is 4.79 Å². The van der Waals surface area contributed by atoms with Crippen LogP contribution in [0.25, 0.3) is 22.2 Å². The highest BCUT2D eigenvalue weighted by atomic mass is 32.2. The van der Waals surface area contributed by atoms with Gasteiger partial charge in [0.15, 0.2) is 9.84 Å². The molecular weight excluding hydrogens is 408 g/mol. The third-order valence-corrected chi connectivity index (χ3v) is 6.31. The van der Waals surface area contributed by atoms with Gasteiger partial charge in [0.25, 0.3) is 5.91 Å². The number of aromatic nitrogens is 1. The van der Waals surface area contributed by atoms with E-state index in [1.54, 1.807) is 24.3 Å². The number of carbonyl (C=O) groups is 1. The summed E-state index contributed by atoms with van der Waals surface area (Å²) >= 11 is 0. The van der Waals surface area contributed by atoms with Gasteiger partial charge in [0, 0.05) is 17.2 Å². The zero-order chi connectivity index (χ0) is 22.0. The molecule has 1 aromatic heterocycles. The average molecular weight is 431 g/mol. The molecular formula is C25H22N2O3S. The monoisotopic (exact) mass is 430 g/mol. The van der Waals surface area contributed by atoms with Crippen LogP contribution in [0.2, 0.25) is 0 Å². The van der Waals surface area contributed by atoms with Gasteiger partial charge in [-0.25, -0.2) is 13.4 Å². The fourth-order valence-electron chi connectivity index (χ4n) is 3.48. The van der Waals surface area contributed by atoms with E-state index < -0.39 is 9.84 Å². The van der Waals surface area contributed by atoms with Gasteiger partial charge in [-0.05, 0) is 36.8 Å². The summed E-state index contributed by atoms with van der Waals surface area (Å²) in [6.45, 7) is 1.87. The first-order valence-electron chi connectivity index (χ1n) is 9.89. The summed E-state index contributed by atoms with van der Waals surface area (Å²) < 4.78 is 23.3. The van der Waals surface area contributed by atoms with Crippen molar-refractivity contribution in [3.05, 3.63) is 96.1 Å². The first kappa shape index (κ1) is 20.8. The van der Waals surface area contributed by atoms with E-state index in [-0.39, 0.29) is 16.8 Å². The fraction of sp³-hybridized carbons (Fsp3) is 0.120. The number of rotatable bonds is 5. The zero-order valence-electron chi connectivity index (χ0n) is 17.2. The van der Waals surface area contributed by atoms with Gasteiger partial charge in [-0.2, -0.15) is 0 Å². The van der Waals surface area contributed by atoms with E-state index in [2.05, 4.69) is 5.32 Å². The van der Waals surface area contributed by atoms with E-state index in [0.29, 0.717) is 5.56 Å². The maximum absolute atomic E-state index is 13.2. The van der Waals surface area contributed by atoms with Crippen LogP contribution in [0.4, 0.5) is 0 Å². The number of nitrogens with one attached hydrogen (secondary N) is 1. The number of benzene rings is 3. The van der Waals surface area contributed by atoms with Crippen LogP contribution in [0, 0.1) is 0 Å². The number of fused-ring (bicyclic) bond motifs is 1. The van der Waals surface area contributed by atoms with Crippen molar-refractivity contribution in [1.29, 1.82) is 0 Å². The minimum absolute atomic E-state index is 0.213. The lowest BCUT2D eigenvalue weighted by Crippen LogP contribution is -2.27. The van der Waals surface area contributed by atoms with Crippen molar-refractivity contribution in [3.8, 4) is 11.3 Å². The first-order valence-corrected chi connectivity index (χ1v) is 11.8. The summed E-state index contributed by atoms with van der Waals surface area (Å²) in [5.41, 5.74) is 3.78. The molecule has 0 unspecified atom stereocenters. The third kappa shape index (κ3) is 4.49. The van der Waals surface area contributed by atoms with Gasteiger partial charge >= 0.3 is 0 Å². The Morgan fingerprint density at radius 2 is 1.55 bits per heavy atom. The Morgan fingerprint density at radius 3 is 2.23 bits per heavy atom. The molecule has 1 heterocycles. The summed E-state index contributed by atoms with van der Waals surface area (Å²) in [5.74, 6) is -0.213. The molecule has 0 aliphatic rings. The van der Waals surface area contributed by atoms with Crippen molar-refractivity contribution in [2.24, 2.45) is 0 Å². The summed E-state index contributed by atoms with van der Waals surface area (Å²) in [6.07, 6.45) is 1.17. The molecule has 6 heteroatoms. The lowest BCUT2D eigenvalue weighted by molar-refractivity contribution is 0.0941. The average Bonchev–Trinajstić information content (AvgIpc) is 2.78. The molecule has 4 rings (SSSR count). The highest BCUT2D eigenvalue weighted by molar-refractivity contribution is 7.90. The van der Waals surface area contributed by atoms with E-state index in [0.717, 1.165) is 27.7 Å². The highest BCUT2D eigenvalue weighted by Gasteiger charge is 2.17. The first-order chi connectivity index (χ1) is 14.8. The van der Waals surface area contributed by atoms with Crippen LogP contribution in [0.1, 0.15) is 28.9 Å². The van der Waals surface area contributed by atoms with E-state index >= 15 is 0 Å². The number of nitrogens with zero attached hydrogens (tertiary/aromatic N) is 1. The number of sulfone groups is 1. The molecule has 0 fully saturated rings. The molecule has 1 atom stereocenters. The summed E-state index contributed by atoms with van der Waals surface area (Å²) in [4.78, 5) is 18.2. The molecule has 5 nitrogen and oxygen atoms in total. The predicted octanol–water partition coefficient (Wildman–Crippen LogP) is 4.80. The minimum atomic E-state index is -3.26. The van der Waals surface area contributed by atoms with Gasteiger partial charge in [0.1, 0.15) is 0 Å². The molecule has 1 amide bonds. The lowest BCUT2D eigenvalue weighted by atomic mass is 10.0. The Hall–Kier alpha value is -3.51. The smallest absolute Gasteiger partial charge is 0.252 e. The Bertz CT molecular complexity index is 1350. The Kier molecular flexibility index (Phi) is 5.57. The van der Waals surface area contributed by atoms with Gasteiger partial charge in [-0.15, -0.1) is 0 Å². The largest absolute Gasteiger partial charge is 0.345 e. The molecule has 0 spiro atoms. The normalized spacial score (nSPS) is 12.5. The van der Waals surface area contributed by atoms with E-state index in [1.165, 1.54) is 6.26 Å². The third-order valence-electron chi connectivity index (χ3n) is 5.19. The molecule has 4 aromatic rings. The molecule has 0 bridgehead atoms. The maximum Gasteiger partial charge on any atom is 0.252 e. The predicted molar refractivity (Wildman–Crippen MR) is 123 cm³/mol.